The molecule has 2 aromatic rings. The molecule has 2 aromatic carbocycles. The summed E-state index contributed by atoms with van der Waals surface area (Å²) >= 11 is 5.12. The molecule has 0 spiro atoms. The smallest absolute Gasteiger partial charge is 0.330 e. The van der Waals surface area contributed by atoms with Gasteiger partial charge in [-0.1, -0.05) is 42.5 Å². The molecule has 7 nitrogen and oxygen atoms in total. The molecule has 156 valence electrons. The molecule has 2 rings (SSSR count). The van der Waals surface area contributed by atoms with Crippen molar-refractivity contribution >= 4 is 40.8 Å². The zero-order valence-electron chi connectivity index (χ0n) is 16.5. The van der Waals surface area contributed by atoms with E-state index < -0.39 is 11.9 Å². The summed E-state index contributed by atoms with van der Waals surface area (Å²) in [5, 5.41) is 8.12. The minimum absolute atomic E-state index is 0.00181. The number of nitrogens with one attached hydrogen (secondary N) is 3. The molecule has 0 fully saturated rings. The van der Waals surface area contributed by atoms with Crippen LogP contribution in [0.2, 0.25) is 0 Å². The van der Waals surface area contributed by atoms with Crippen LogP contribution in [0.15, 0.2) is 66.7 Å². The lowest BCUT2D eigenvalue weighted by Gasteiger charge is -2.13. The molecule has 0 atom stereocenters. The Morgan fingerprint density at radius 1 is 1.00 bits per heavy atom. The van der Waals surface area contributed by atoms with Gasteiger partial charge in [0.05, 0.1) is 17.9 Å². The SMILES string of the molecule is CCOC(=O)C=CC(=O)NC(=S)Nc1ccccc1C(=O)NCCc1ccccc1. The van der Waals surface area contributed by atoms with E-state index in [1.807, 2.05) is 30.3 Å². The van der Waals surface area contributed by atoms with E-state index in [0.717, 1.165) is 17.7 Å². The Hall–Kier alpha value is -3.52. The van der Waals surface area contributed by atoms with E-state index in [2.05, 4.69) is 16.0 Å². The fraction of sp³-hybridized carbons (Fsp3) is 0.182. The summed E-state index contributed by atoms with van der Waals surface area (Å²) in [6, 6.07) is 16.7. The molecular weight excluding hydrogens is 402 g/mol. The third-order valence-corrected chi connectivity index (χ3v) is 4.06. The number of carbonyl (C=O) groups is 3. The van der Waals surface area contributed by atoms with E-state index in [-0.39, 0.29) is 17.6 Å². The van der Waals surface area contributed by atoms with Gasteiger partial charge in [-0.2, -0.15) is 0 Å². The molecule has 0 unspecified atom stereocenters. The van der Waals surface area contributed by atoms with Crippen LogP contribution in [0, 0.1) is 0 Å². The monoisotopic (exact) mass is 425 g/mol. The normalized spacial score (nSPS) is 10.3. The van der Waals surface area contributed by atoms with Crippen LogP contribution in [0.25, 0.3) is 0 Å². The van der Waals surface area contributed by atoms with Gasteiger partial charge in [-0.3, -0.25) is 14.9 Å². The van der Waals surface area contributed by atoms with Crippen molar-refractivity contribution in [2.75, 3.05) is 18.5 Å². The van der Waals surface area contributed by atoms with Gasteiger partial charge in [0.25, 0.3) is 5.91 Å². The summed E-state index contributed by atoms with van der Waals surface area (Å²) in [6.07, 6.45) is 2.74. The van der Waals surface area contributed by atoms with Crippen molar-refractivity contribution in [3.05, 3.63) is 77.9 Å². The average Bonchev–Trinajstić information content (AvgIpc) is 2.73. The molecule has 0 aliphatic heterocycles. The van der Waals surface area contributed by atoms with Gasteiger partial charge in [0, 0.05) is 18.7 Å². The fourth-order valence-electron chi connectivity index (χ4n) is 2.49. The number of hydrogen-bond donors (Lipinski definition) is 3. The quantitative estimate of drug-likeness (QED) is 0.342. The number of ether oxygens (including phenoxy) is 1. The summed E-state index contributed by atoms with van der Waals surface area (Å²) in [5.41, 5.74) is 1.97. The first-order chi connectivity index (χ1) is 14.5. The highest BCUT2D eigenvalue weighted by Gasteiger charge is 2.12. The molecule has 30 heavy (non-hydrogen) atoms. The molecule has 3 N–H and O–H groups in total. The summed E-state index contributed by atoms with van der Waals surface area (Å²) in [7, 11) is 0. The van der Waals surface area contributed by atoms with Gasteiger partial charge in [-0.05, 0) is 43.3 Å². The number of anilines is 1. The van der Waals surface area contributed by atoms with Crippen LogP contribution in [0.5, 0.6) is 0 Å². The molecule has 0 radical (unpaired) electrons. The zero-order valence-corrected chi connectivity index (χ0v) is 17.3. The number of esters is 1. The van der Waals surface area contributed by atoms with Gasteiger partial charge in [-0.25, -0.2) is 4.79 Å². The lowest BCUT2D eigenvalue weighted by Crippen LogP contribution is -2.34. The van der Waals surface area contributed by atoms with Crippen LogP contribution in [0.1, 0.15) is 22.8 Å². The first-order valence-electron chi connectivity index (χ1n) is 9.37. The van der Waals surface area contributed by atoms with Gasteiger partial charge in [0.1, 0.15) is 0 Å². The second-order valence-electron chi connectivity index (χ2n) is 6.07. The Morgan fingerprint density at radius 3 is 2.43 bits per heavy atom. The Kier molecular flexibility index (Phi) is 9.20. The third-order valence-electron chi connectivity index (χ3n) is 3.86. The number of carbonyl (C=O) groups excluding carboxylic acids is 3. The standard InChI is InChI=1S/C22H23N3O4S/c1-2-29-20(27)13-12-19(26)25-22(30)24-18-11-7-6-10-17(18)21(28)23-15-14-16-8-4-3-5-9-16/h3-13H,2,14-15H2,1H3,(H,23,28)(H2,24,25,26,30). The van der Waals surface area contributed by atoms with Crippen molar-refractivity contribution in [2.45, 2.75) is 13.3 Å². The Balaban J connectivity index is 1.90. The number of para-hydroxylation sites is 1. The van der Waals surface area contributed by atoms with E-state index in [1.165, 1.54) is 0 Å². The molecule has 0 aromatic heterocycles. The van der Waals surface area contributed by atoms with Gasteiger partial charge in [-0.15, -0.1) is 0 Å². The van der Waals surface area contributed by atoms with Crippen molar-refractivity contribution in [2.24, 2.45) is 0 Å². The van der Waals surface area contributed by atoms with E-state index >= 15 is 0 Å². The predicted octanol–water partition coefficient (Wildman–Crippen LogP) is 2.59. The van der Waals surface area contributed by atoms with Gasteiger partial charge in [0.15, 0.2) is 5.11 Å². The van der Waals surface area contributed by atoms with Crippen LogP contribution in [-0.2, 0) is 20.7 Å². The topological polar surface area (TPSA) is 96.5 Å². The molecule has 8 heteroatoms. The second kappa shape index (κ2) is 12.1. The van der Waals surface area contributed by atoms with Crippen molar-refractivity contribution < 1.29 is 19.1 Å². The van der Waals surface area contributed by atoms with Crippen molar-refractivity contribution in [3.8, 4) is 0 Å². The zero-order chi connectivity index (χ0) is 21.8. The molecule has 0 bridgehead atoms. The van der Waals surface area contributed by atoms with Crippen molar-refractivity contribution in [1.29, 1.82) is 0 Å². The molecule has 0 saturated heterocycles. The third kappa shape index (κ3) is 7.84. The van der Waals surface area contributed by atoms with Gasteiger partial charge in [0.2, 0.25) is 5.91 Å². The largest absolute Gasteiger partial charge is 0.463 e. The highest BCUT2D eigenvalue weighted by molar-refractivity contribution is 7.80. The summed E-state index contributed by atoms with van der Waals surface area (Å²) in [6.45, 7) is 2.37. The maximum absolute atomic E-state index is 12.6. The van der Waals surface area contributed by atoms with Gasteiger partial charge >= 0.3 is 5.97 Å². The van der Waals surface area contributed by atoms with Crippen LogP contribution < -0.4 is 16.0 Å². The van der Waals surface area contributed by atoms with Crippen LogP contribution in [-0.4, -0.2) is 36.0 Å². The molecule has 0 saturated carbocycles. The first-order valence-corrected chi connectivity index (χ1v) is 9.78. The highest BCUT2D eigenvalue weighted by atomic mass is 32.1. The number of benzene rings is 2. The van der Waals surface area contributed by atoms with E-state index in [4.69, 9.17) is 17.0 Å². The maximum atomic E-state index is 12.6. The fourth-order valence-corrected chi connectivity index (χ4v) is 2.70. The van der Waals surface area contributed by atoms with E-state index in [9.17, 15) is 14.4 Å². The van der Waals surface area contributed by atoms with Crippen LogP contribution in [0.4, 0.5) is 5.69 Å². The molecule has 0 aliphatic rings. The Bertz CT molecular complexity index is 929. The summed E-state index contributed by atoms with van der Waals surface area (Å²) in [5.74, 6) is -1.47. The maximum Gasteiger partial charge on any atom is 0.330 e. The number of rotatable bonds is 8. The van der Waals surface area contributed by atoms with Crippen LogP contribution in [0.3, 0.4) is 0 Å². The second-order valence-corrected chi connectivity index (χ2v) is 6.47. The lowest BCUT2D eigenvalue weighted by atomic mass is 10.1. The average molecular weight is 426 g/mol. The summed E-state index contributed by atoms with van der Waals surface area (Å²) < 4.78 is 4.70. The van der Waals surface area contributed by atoms with Gasteiger partial charge < -0.3 is 15.4 Å². The Labute approximate surface area is 180 Å². The lowest BCUT2D eigenvalue weighted by molar-refractivity contribution is -0.137. The summed E-state index contributed by atoms with van der Waals surface area (Å²) in [4.78, 5) is 35.6. The van der Waals surface area contributed by atoms with Crippen LogP contribution >= 0.6 is 12.2 Å². The number of amides is 2. The van der Waals surface area contributed by atoms with E-state index in [1.54, 1.807) is 31.2 Å². The molecule has 0 heterocycles. The number of hydrogen-bond acceptors (Lipinski definition) is 5. The van der Waals surface area contributed by atoms with E-state index in [0.29, 0.717) is 24.2 Å². The molecule has 2 amide bonds. The minimum Gasteiger partial charge on any atom is -0.463 e. The molecule has 0 aliphatic carbocycles. The Morgan fingerprint density at radius 2 is 1.70 bits per heavy atom. The number of thiocarbonyl (C=S) groups is 1. The predicted molar refractivity (Wildman–Crippen MR) is 119 cm³/mol. The first kappa shape index (κ1) is 22.8. The molecular formula is C22H23N3O4S. The van der Waals surface area contributed by atoms with Crippen molar-refractivity contribution in [3.63, 3.8) is 0 Å². The van der Waals surface area contributed by atoms with Crippen molar-refractivity contribution in [1.82, 2.24) is 10.6 Å². The minimum atomic E-state index is -0.621. The highest BCUT2D eigenvalue weighted by Crippen LogP contribution is 2.15.